The van der Waals surface area contributed by atoms with Crippen LogP contribution in [0.1, 0.15) is 24.5 Å². The largest absolute Gasteiger partial charge is 0.313 e. The fourth-order valence-corrected chi connectivity index (χ4v) is 3.25. The van der Waals surface area contributed by atoms with E-state index < -0.39 is 0 Å². The molecule has 0 atom stereocenters. The third-order valence-corrected chi connectivity index (χ3v) is 4.45. The van der Waals surface area contributed by atoms with Gasteiger partial charge in [0.1, 0.15) is 5.82 Å². The van der Waals surface area contributed by atoms with E-state index in [-0.39, 0.29) is 5.82 Å². The van der Waals surface area contributed by atoms with Gasteiger partial charge in [-0.1, -0.05) is 19.1 Å². The minimum Gasteiger partial charge on any atom is -0.313 e. The number of thioether (sulfide) groups is 1. The van der Waals surface area contributed by atoms with Gasteiger partial charge in [0.25, 0.3) is 0 Å². The van der Waals surface area contributed by atoms with Crippen molar-refractivity contribution in [2.24, 2.45) is 0 Å². The van der Waals surface area contributed by atoms with Gasteiger partial charge in [0.05, 0.1) is 0 Å². The first-order valence-electron chi connectivity index (χ1n) is 7.07. The maximum Gasteiger partial charge on any atom is 0.127 e. The highest BCUT2D eigenvalue weighted by molar-refractivity contribution is 7.99. The van der Waals surface area contributed by atoms with Crippen molar-refractivity contribution >= 4 is 11.8 Å². The zero-order chi connectivity index (χ0) is 13.5. The number of nitrogens with one attached hydrogen (secondary N) is 1. The van der Waals surface area contributed by atoms with Crippen molar-refractivity contribution in [3.8, 4) is 0 Å². The summed E-state index contributed by atoms with van der Waals surface area (Å²) in [6, 6.07) is 5.49. The van der Waals surface area contributed by atoms with Gasteiger partial charge in [0, 0.05) is 31.0 Å². The molecule has 2 nitrogen and oxygen atoms in total. The first-order chi connectivity index (χ1) is 9.29. The quantitative estimate of drug-likeness (QED) is 0.894. The lowest BCUT2D eigenvalue weighted by Gasteiger charge is -2.20. The minimum absolute atomic E-state index is 0.0721. The minimum atomic E-state index is -0.0721. The van der Waals surface area contributed by atoms with Gasteiger partial charge in [0.15, 0.2) is 0 Å². The monoisotopic (exact) mass is 282 g/mol. The van der Waals surface area contributed by atoms with Gasteiger partial charge in [-0.15, -0.1) is 0 Å². The van der Waals surface area contributed by atoms with Gasteiger partial charge >= 0.3 is 0 Å². The molecule has 1 aromatic rings. The van der Waals surface area contributed by atoms with Crippen LogP contribution < -0.4 is 5.32 Å². The second-order valence-corrected chi connectivity index (χ2v) is 6.17. The molecule has 1 aromatic carbocycles. The Morgan fingerprint density at radius 3 is 3.05 bits per heavy atom. The Hall–Kier alpha value is -0.580. The molecule has 0 bridgehead atoms. The van der Waals surface area contributed by atoms with E-state index in [0.717, 1.165) is 38.3 Å². The van der Waals surface area contributed by atoms with E-state index in [0.29, 0.717) is 0 Å². The summed E-state index contributed by atoms with van der Waals surface area (Å²) < 4.78 is 13.9. The van der Waals surface area contributed by atoms with Crippen LogP contribution in [0, 0.1) is 5.82 Å². The third kappa shape index (κ3) is 4.79. The molecule has 2 rings (SSSR count). The predicted octanol–water partition coefficient (Wildman–Crippen LogP) is 2.87. The molecule has 0 unspecified atom stereocenters. The number of hydrogen-bond donors (Lipinski definition) is 1. The SMILES string of the molecule is CCNCc1ccc(F)c(CN2CCCSCC2)c1. The summed E-state index contributed by atoms with van der Waals surface area (Å²) in [5.74, 6) is 2.33. The number of rotatable bonds is 5. The summed E-state index contributed by atoms with van der Waals surface area (Å²) >= 11 is 2.00. The summed E-state index contributed by atoms with van der Waals surface area (Å²) in [5, 5.41) is 3.29. The zero-order valence-electron chi connectivity index (χ0n) is 11.6. The van der Waals surface area contributed by atoms with Crippen LogP contribution >= 0.6 is 11.8 Å². The lowest BCUT2D eigenvalue weighted by Crippen LogP contribution is -2.26. The fraction of sp³-hybridized carbons (Fsp3) is 0.600. The van der Waals surface area contributed by atoms with Crippen LogP contribution in [0.5, 0.6) is 0 Å². The topological polar surface area (TPSA) is 15.3 Å². The van der Waals surface area contributed by atoms with E-state index in [2.05, 4.69) is 17.1 Å². The molecule has 4 heteroatoms. The maximum atomic E-state index is 13.9. The van der Waals surface area contributed by atoms with Crippen molar-refractivity contribution in [1.29, 1.82) is 0 Å². The number of hydrogen-bond acceptors (Lipinski definition) is 3. The molecule has 0 aromatic heterocycles. The fourth-order valence-electron chi connectivity index (χ4n) is 2.33. The molecule has 0 saturated carbocycles. The van der Waals surface area contributed by atoms with Crippen LogP contribution in [0.3, 0.4) is 0 Å². The Morgan fingerprint density at radius 1 is 1.32 bits per heavy atom. The maximum absolute atomic E-state index is 13.9. The molecular weight excluding hydrogens is 259 g/mol. The van der Waals surface area contributed by atoms with Crippen LogP contribution in [0.2, 0.25) is 0 Å². The van der Waals surface area contributed by atoms with Crippen molar-refractivity contribution in [2.75, 3.05) is 31.1 Å². The van der Waals surface area contributed by atoms with Gasteiger partial charge in [-0.3, -0.25) is 4.90 Å². The third-order valence-electron chi connectivity index (χ3n) is 3.40. The zero-order valence-corrected chi connectivity index (χ0v) is 12.4. The molecule has 1 N–H and O–H groups in total. The first-order valence-corrected chi connectivity index (χ1v) is 8.23. The van der Waals surface area contributed by atoms with E-state index in [1.807, 2.05) is 23.9 Å². The van der Waals surface area contributed by atoms with Crippen LogP contribution in [0.25, 0.3) is 0 Å². The Morgan fingerprint density at radius 2 is 2.21 bits per heavy atom. The molecule has 19 heavy (non-hydrogen) atoms. The van der Waals surface area contributed by atoms with Crippen molar-refractivity contribution in [1.82, 2.24) is 10.2 Å². The van der Waals surface area contributed by atoms with Crippen LogP contribution in [0.15, 0.2) is 18.2 Å². The van der Waals surface area contributed by atoms with Crippen molar-refractivity contribution in [3.05, 3.63) is 35.1 Å². The summed E-state index contributed by atoms with van der Waals surface area (Å²) in [6.07, 6.45) is 1.21. The number of nitrogens with zero attached hydrogens (tertiary/aromatic N) is 1. The molecule has 1 aliphatic heterocycles. The summed E-state index contributed by atoms with van der Waals surface area (Å²) in [4.78, 5) is 2.37. The normalized spacial score (nSPS) is 17.4. The smallest absolute Gasteiger partial charge is 0.127 e. The molecule has 1 heterocycles. The van der Waals surface area contributed by atoms with Crippen LogP contribution in [-0.4, -0.2) is 36.0 Å². The highest BCUT2D eigenvalue weighted by Crippen LogP contribution is 2.16. The standard InChI is InChI=1S/C15H23FN2S/c1-2-17-11-13-4-5-15(16)14(10-13)12-18-6-3-8-19-9-7-18/h4-5,10,17H,2-3,6-9,11-12H2,1H3. The molecule has 1 aliphatic rings. The predicted molar refractivity (Wildman–Crippen MR) is 81.0 cm³/mol. The van der Waals surface area contributed by atoms with Gasteiger partial charge in [-0.05, 0) is 36.9 Å². The molecule has 0 spiro atoms. The molecule has 1 saturated heterocycles. The Kier molecular flexibility index (Phi) is 6.14. The Bertz CT molecular complexity index is 390. The Balaban J connectivity index is 2.00. The van der Waals surface area contributed by atoms with Gasteiger partial charge in [-0.2, -0.15) is 11.8 Å². The van der Waals surface area contributed by atoms with E-state index in [1.165, 1.54) is 23.5 Å². The Labute approximate surface area is 119 Å². The van der Waals surface area contributed by atoms with Gasteiger partial charge < -0.3 is 5.32 Å². The second-order valence-electron chi connectivity index (χ2n) is 4.95. The van der Waals surface area contributed by atoms with Crippen molar-refractivity contribution in [2.45, 2.75) is 26.4 Å². The number of halogens is 1. The second kappa shape index (κ2) is 7.88. The summed E-state index contributed by atoms with van der Waals surface area (Å²) in [5.41, 5.74) is 2.00. The van der Waals surface area contributed by atoms with E-state index in [9.17, 15) is 4.39 Å². The van der Waals surface area contributed by atoms with E-state index in [1.54, 1.807) is 6.07 Å². The molecule has 106 valence electrons. The van der Waals surface area contributed by atoms with Crippen molar-refractivity contribution < 1.29 is 4.39 Å². The first kappa shape index (κ1) is 14.8. The lowest BCUT2D eigenvalue weighted by atomic mass is 10.1. The molecule has 0 amide bonds. The number of benzene rings is 1. The van der Waals surface area contributed by atoms with Crippen molar-refractivity contribution in [3.63, 3.8) is 0 Å². The average molecular weight is 282 g/mol. The highest BCUT2D eigenvalue weighted by Gasteiger charge is 2.12. The van der Waals surface area contributed by atoms with Crippen LogP contribution in [0.4, 0.5) is 4.39 Å². The molecule has 0 radical (unpaired) electrons. The molecule has 1 fully saturated rings. The highest BCUT2D eigenvalue weighted by atomic mass is 32.2. The van der Waals surface area contributed by atoms with E-state index >= 15 is 0 Å². The average Bonchev–Trinajstić information content (AvgIpc) is 2.68. The summed E-state index contributed by atoms with van der Waals surface area (Å²) in [7, 11) is 0. The van der Waals surface area contributed by atoms with Gasteiger partial charge in [0.2, 0.25) is 0 Å². The molecular formula is C15H23FN2S. The van der Waals surface area contributed by atoms with E-state index in [4.69, 9.17) is 0 Å². The molecule has 0 aliphatic carbocycles. The van der Waals surface area contributed by atoms with Gasteiger partial charge in [-0.25, -0.2) is 4.39 Å². The summed E-state index contributed by atoms with van der Waals surface area (Å²) in [6.45, 7) is 6.74. The van der Waals surface area contributed by atoms with Crippen LogP contribution in [-0.2, 0) is 13.1 Å². The lowest BCUT2D eigenvalue weighted by molar-refractivity contribution is 0.283.